The molecule has 0 aliphatic carbocycles. The molecule has 0 aliphatic heterocycles. The van der Waals surface area contributed by atoms with Crippen molar-refractivity contribution in [1.29, 1.82) is 0 Å². The van der Waals surface area contributed by atoms with Crippen LogP contribution >= 0.6 is 0 Å². The number of carbonyl (C=O) groups excluding carboxylic acids is 1. The highest BCUT2D eigenvalue weighted by atomic mass is 19.4. The summed E-state index contributed by atoms with van der Waals surface area (Å²) in [5.74, 6) is -0.729. The van der Waals surface area contributed by atoms with Crippen molar-refractivity contribution in [2.24, 2.45) is 0 Å². The fourth-order valence-corrected chi connectivity index (χ4v) is 1.70. The van der Waals surface area contributed by atoms with E-state index in [-0.39, 0.29) is 25.7 Å². The topological polar surface area (TPSA) is 44.8 Å². The van der Waals surface area contributed by atoms with Gasteiger partial charge >= 0.3 is 12.1 Å². The van der Waals surface area contributed by atoms with Gasteiger partial charge in [-0.1, -0.05) is 30.3 Å². The summed E-state index contributed by atoms with van der Waals surface area (Å²) < 4.78 is 51.6. The molecule has 23 heavy (non-hydrogen) atoms. The van der Waals surface area contributed by atoms with Crippen LogP contribution in [0.3, 0.4) is 0 Å². The van der Waals surface area contributed by atoms with Crippen molar-refractivity contribution in [1.82, 2.24) is 0 Å². The first-order chi connectivity index (χ1) is 10.9. The van der Waals surface area contributed by atoms with Crippen LogP contribution in [0.1, 0.15) is 12.0 Å². The number of methoxy groups -OCH3 is 1. The SMILES string of the molecule is COCC(=O)O[C@H](/C=C/C(F)(F)F)CCOCc1ccccc1. The molecule has 4 nitrogen and oxygen atoms in total. The summed E-state index contributed by atoms with van der Waals surface area (Å²) in [6, 6.07) is 9.34. The quantitative estimate of drug-likeness (QED) is 0.395. The highest BCUT2D eigenvalue weighted by molar-refractivity contribution is 5.71. The Labute approximate surface area is 132 Å². The maximum Gasteiger partial charge on any atom is 0.409 e. The van der Waals surface area contributed by atoms with Crippen LogP contribution in [0.25, 0.3) is 0 Å². The summed E-state index contributed by atoms with van der Waals surface area (Å²) in [7, 11) is 1.30. The number of hydrogen-bond donors (Lipinski definition) is 0. The van der Waals surface area contributed by atoms with E-state index in [1.165, 1.54) is 7.11 Å². The van der Waals surface area contributed by atoms with E-state index in [4.69, 9.17) is 9.47 Å². The zero-order chi connectivity index (χ0) is 17.1. The average molecular weight is 332 g/mol. The summed E-state index contributed by atoms with van der Waals surface area (Å²) in [6.07, 6.45) is -4.50. The first kappa shape index (κ1) is 19.2. The largest absolute Gasteiger partial charge is 0.456 e. The summed E-state index contributed by atoms with van der Waals surface area (Å²) >= 11 is 0. The van der Waals surface area contributed by atoms with Crippen molar-refractivity contribution >= 4 is 5.97 Å². The highest BCUT2D eigenvalue weighted by Crippen LogP contribution is 2.17. The molecule has 0 N–H and O–H groups in total. The fraction of sp³-hybridized carbons (Fsp3) is 0.438. The highest BCUT2D eigenvalue weighted by Gasteiger charge is 2.23. The van der Waals surface area contributed by atoms with Gasteiger partial charge in [0.15, 0.2) is 0 Å². The van der Waals surface area contributed by atoms with Gasteiger partial charge in [0, 0.05) is 19.6 Å². The molecular weight excluding hydrogens is 313 g/mol. The van der Waals surface area contributed by atoms with Crippen molar-refractivity contribution in [3.63, 3.8) is 0 Å². The molecule has 7 heteroatoms. The lowest BCUT2D eigenvalue weighted by atomic mass is 10.2. The van der Waals surface area contributed by atoms with Crippen LogP contribution in [0.4, 0.5) is 13.2 Å². The van der Waals surface area contributed by atoms with Gasteiger partial charge in [-0.2, -0.15) is 13.2 Å². The van der Waals surface area contributed by atoms with E-state index in [2.05, 4.69) is 4.74 Å². The van der Waals surface area contributed by atoms with E-state index >= 15 is 0 Å². The molecule has 0 heterocycles. The number of esters is 1. The monoisotopic (exact) mass is 332 g/mol. The molecule has 128 valence electrons. The fourth-order valence-electron chi connectivity index (χ4n) is 1.70. The Bertz CT molecular complexity index is 486. The zero-order valence-electron chi connectivity index (χ0n) is 12.7. The van der Waals surface area contributed by atoms with Crippen LogP contribution in [0.15, 0.2) is 42.5 Å². The minimum Gasteiger partial charge on any atom is -0.456 e. The molecule has 0 amide bonds. The summed E-state index contributed by atoms with van der Waals surface area (Å²) in [5.41, 5.74) is 0.950. The van der Waals surface area contributed by atoms with Crippen molar-refractivity contribution in [2.75, 3.05) is 20.3 Å². The third kappa shape index (κ3) is 9.70. The van der Waals surface area contributed by atoms with E-state index in [0.29, 0.717) is 6.61 Å². The second-order valence-electron chi connectivity index (χ2n) is 4.69. The van der Waals surface area contributed by atoms with Gasteiger partial charge in [0.25, 0.3) is 0 Å². The van der Waals surface area contributed by atoms with Gasteiger partial charge in [-0.3, -0.25) is 0 Å². The van der Waals surface area contributed by atoms with Crippen molar-refractivity contribution in [3.8, 4) is 0 Å². The number of hydrogen-bond acceptors (Lipinski definition) is 4. The predicted molar refractivity (Wildman–Crippen MR) is 77.7 cm³/mol. The molecule has 0 bridgehead atoms. The van der Waals surface area contributed by atoms with Gasteiger partial charge in [0.05, 0.1) is 13.2 Å². The van der Waals surface area contributed by atoms with Gasteiger partial charge in [0.2, 0.25) is 0 Å². The Balaban J connectivity index is 2.45. The molecule has 0 unspecified atom stereocenters. The molecule has 0 radical (unpaired) electrons. The van der Waals surface area contributed by atoms with Crippen LogP contribution < -0.4 is 0 Å². The number of benzene rings is 1. The van der Waals surface area contributed by atoms with Crippen LogP contribution in [-0.2, 0) is 25.6 Å². The van der Waals surface area contributed by atoms with Crippen molar-refractivity contribution < 1.29 is 32.2 Å². The standard InChI is InChI=1S/C16H19F3O4/c1-21-12-15(20)23-14(7-9-16(17,18)19)8-10-22-11-13-5-3-2-4-6-13/h2-7,9,14H,8,10-12H2,1H3/b9-7+/t14-/m1/s1. The Hall–Kier alpha value is -1.86. The lowest BCUT2D eigenvalue weighted by Gasteiger charge is -2.15. The van der Waals surface area contributed by atoms with Crippen LogP contribution in [-0.4, -0.2) is 38.6 Å². The Morgan fingerprint density at radius 2 is 1.96 bits per heavy atom. The van der Waals surface area contributed by atoms with Gasteiger partial charge in [0.1, 0.15) is 12.7 Å². The first-order valence-electron chi connectivity index (χ1n) is 6.97. The van der Waals surface area contributed by atoms with Crippen LogP contribution in [0.2, 0.25) is 0 Å². The molecule has 0 spiro atoms. The molecule has 1 rings (SSSR count). The van der Waals surface area contributed by atoms with Gasteiger partial charge in [-0.25, -0.2) is 4.79 Å². The number of alkyl halides is 3. The predicted octanol–water partition coefficient (Wildman–Crippen LogP) is 3.27. The summed E-state index contributed by atoms with van der Waals surface area (Å²) in [5, 5.41) is 0. The number of carbonyl (C=O) groups is 1. The summed E-state index contributed by atoms with van der Waals surface area (Å²) in [6.45, 7) is 0.172. The van der Waals surface area contributed by atoms with E-state index in [0.717, 1.165) is 11.6 Å². The third-order valence-corrected chi connectivity index (χ3v) is 2.70. The number of halogens is 3. The lowest BCUT2D eigenvalue weighted by molar-refractivity contribution is -0.152. The second-order valence-corrected chi connectivity index (χ2v) is 4.69. The molecule has 1 aromatic carbocycles. The van der Waals surface area contributed by atoms with Gasteiger partial charge < -0.3 is 14.2 Å². The molecule has 0 aliphatic rings. The van der Waals surface area contributed by atoms with Crippen molar-refractivity contribution in [2.45, 2.75) is 25.3 Å². The molecule has 0 aromatic heterocycles. The number of allylic oxidation sites excluding steroid dienone is 1. The molecular formula is C16H19F3O4. The van der Waals surface area contributed by atoms with E-state index < -0.39 is 18.2 Å². The van der Waals surface area contributed by atoms with E-state index in [1.807, 2.05) is 30.3 Å². The lowest BCUT2D eigenvalue weighted by Crippen LogP contribution is -2.21. The van der Waals surface area contributed by atoms with Crippen LogP contribution in [0.5, 0.6) is 0 Å². The van der Waals surface area contributed by atoms with E-state index in [1.54, 1.807) is 0 Å². The first-order valence-corrected chi connectivity index (χ1v) is 6.97. The average Bonchev–Trinajstić information content (AvgIpc) is 2.49. The maximum absolute atomic E-state index is 12.2. The normalized spacial score (nSPS) is 13.2. The molecule has 1 atom stereocenters. The molecule has 1 aromatic rings. The Morgan fingerprint density at radius 1 is 1.26 bits per heavy atom. The molecule has 0 saturated carbocycles. The van der Waals surface area contributed by atoms with Gasteiger partial charge in [-0.15, -0.1) is 0 Å². The summed E-state index contributed by atoms with van der Waals surface area (Å²) in [4.78, 5) is 11.3. The third-order valence-electron chi connectivity index (χ3n) is 2.70. The minimum atomic E-state index is -4.46. The van der Waals surface area contributed by atoms with E-state index in [9.17, 15) is 18.0 Å². The number of ether oxygens (including phenoxy) is 3. The Morgan fingerprint density at radius 3 is 2.57 bits per heavy atom. The minimum absolute atomic E-state index is 0.0505. The van der Waals surface area contributed by atoms with Crippen LogP contribution in [0, 0.1) is 0 Å². The van der Waals surface area contributed by atoms with Gasteiger partial charge in [-0.05, 0) is 11.6 Å². The smallest absolute Gasteiger partial charge is 0.409 e. The molecule has 0 fully saturated rings. The Kier molecular flexibility index (Phi) is 8.36. The maximum atomic E-state index is 12.2. The molecule has 0 saturated heterocycles. The van der Waals surface area contributed by atoms with Crippen molar-refractivity contribution in [3.05, 3.63) is 48.0 Å². The zero-order valence-corrected chi connectivity index (χ0v) is 12.7. The second kappa shape index (κ2) is 10.0. The number of rotatable bonds is 9.